The van der Waals surface area contributed by atoms with E-state index in [1.807, 2.05) is 11.8 Å². The summed E-state index contributed by atoms with van der Waals surface area (Å²) in [4.78, 5) is 13.9. The van der Waals surface area contributed by atoms with E-state index in [1.54, 1.807) is 0 Å². The van der Waals surface area contributed by atoms with Gasteiger partial charge in [-0.1, -0.05) is 12.8 Å². The Morgan fingerprint density at radius 3 is 2.75 bits per heavy atom. The van der Waals surface area contributed by atoms with Crippen molar-refractivity contribution in [2.24, 2.45) is 5.92 Å². The lowest BCUT2D eigenvalue weighted by atomic mass is 10.2. The first-order valence-corrected chi connectivity index (χ1v) is 6.37. The number of rotatable bonds is 5. The van der Waals surface area contributed by atoms with Crippen molar-refractivity contribution >= 4 is 5.91 Å². The van der Waals surface area contributed by atoms with Gasteiger partial charge >= 0.3 is 0 Å². The number of nitrogens with zero attached hydrogens (tertiary/aromatic N) is 1. The van der Waals surface area contributed by atoms with Crippen molar-refractivity contribution < 1.29 is 9.53 Å². The zero-order valence-electron chi connectivity index (χ0n) is 10.1. The highest BCUT2D eigenvalue weighted by molar-refractivity contribution is 5.81. The second-order valence-corrected chi connectivity index (χ2v) is 4.85. The minimum Gasteiger partial charge on any atom is -0.378 e. The summed E-state index contributed by atoms with van der Waals surface area (Å²) in [7, 11) is 0. The Kier molecular flexibility index (Phi) is 4.18. The first kappa shape index (κ1) is 11.9. The number of hydrogen-bond acceptors (Lipinski definition) is 3. The van der Waals surface area contributed by atoms with E-state index < -0.39 is 0 Å². The topological polar surface area (TPSA) is 41.6 Å². The second-order valence-electron chi connectivity index (χ2n) is 4.85. The van der Waals surface area contributed by atoms with Crippen LogP contribution < -0.4 is 5.32 Å². The van der Waals surface area contributed by atoms with E-state index >= 15 is 0 Å². The van der Waals surface area contributed by atoms with Crippen LogP contribution in [0, 0.1) is 5.92 Å². The molecule has 4 nitrogen and oxygen atoms in total. The van der Waals surface area contributed by atoms with Crippen LogP contribution in [-0.2, 0) is 9.53 Å². The molecule has 1 atom stereocenters. The van der Waals surface area contributed by atoms with Crippen LogP contribution in [0.1, 0.15) is 26.2 Å². The summed E-state index contributed by atoms with van der Waals surface area (Å²) >= 11 is 0. The molecule has 16 heavy (non-hydrogen) atoms. The molecule has 2 fully saturated rings. The Morgan fingerprint density at radius 2 is 2.12 bits per heavy atom. The minimum atomic E-state index is -0.0446. The fourth-order valence-electron chi connectivity index (χ4n) is 2.06. The summed E-state index contributed by atoms with van der Waals surface area (Å²) in [6, 6.07) is -0.0446. The zero-order chi connectivity index (χ0) is 11.4. The minimum absolute atomic E-state index is 0.0446. The predicted octanol–water partition coefficient (Wildman–Crippen LogP) is 0.623. The maximum atomic E-state index is 12.0. The number of nitrogens with one attached hydrogen (secondary N) is 1. The second kappa shape index (κ2) is 5.64. The first-order chi connectivity index (χ1) is 7.77. The maximum absolute atomic E-state index is 12.0. The summed E-state index contributed by atoms with van der Waals surface area (Å²) in [5, 5.41) is 3.32. The summed E-state index contributed by atoms with van der Waals surface area (Å²) in [5.74, 6) is 1.15. The molecule has 4 heteroatoms. The van der Waals surface area contributed by atoms with Gasteiger partial charge in [0.25, 0.3) is 0 Å². The lowest BCUT2D eigenvalue weighted by Gasteiger charge is -2.29. The van der Waals surface area contributed by atoms with Gasteiger partial charge in [-0.15, -0.1) is 0 Å². The molecule has 1 saturated heterocycles. The van der Waals surface area contributed by atoms with E-state index in [2.05, 4.69) is 5.32 Å². The van der Waals surface area contributed by atoms with Crippen LogP contribution in [0.25, 0.3) is 0 Å². The first-order valence-electron chi connectivity index (χ1n) is 6.37. The van der Waals surface area contributed by atoms with Crippen molar-refractivity contribution in [1.29, 1.82) is 0 Å². The highest BCUT2D eigenvalue weighted by Gasteiger charge is 2.24. The predicted molar refractivity (Wildman–Crippen MR) is 62.2 cm³/mol. The molecular formula is C12H22N2O2. The van der Waals surface area contributed by atoms with Gasteiger partial charge in [0, 0.05) is 13.1 Å². The largest absolute Gasteiger partial charge is 0.378 e. The van der Waals surface area contributed by atoms with E-state index in [9.17, 15) is 4.79 Å². The summed E-state index contributed by atoms with van der Waals surface area (Å²) in [5.41, 5.74) is 0. The summed E-state index contributed by atoms with van der Waals surface area (Å²) in [6.45, 7) is 5.79. The molecule has 92 valence electrons. The number of hydrogen-bond donors (Lipinski definition) is 1. The Hall–Kier alpha value is -0.610. The smallest absolute Gasteiger partial charge is 0.239 e. The Balaban J connectivity index is 1.65. The molecule has 0 spiro atoms. The van der Waals surface area contributed by atoms with Crippen LogP contribution in [0.4, 0.5) is 0 Å². The summed E-state index contributed by atoms with van der Waals surface area (Å²) in [6.07, 6.45) is 3.99. The van der Waals surface area contributed by atoms with Crippen molar-refractivity contribution in [3.05, 3.63) is 0 Å². The van der Waals surface area contributed by atoms with Gasteiger partial charge < -0.3 is 15.0 Å². The Bertz CT molecular complexity index is 235. The number of ether oxygens (including phenoxy) is 1. The van der Waals surface area contributed by atoms with Crippen molar-refractivity contribution in [3.63, 3.8) is 0 Å². The van der Waals surface area contributed by atoms with Crippen LogP contribution in [-0.4, -0.2) is 49.7 Å². The van der Waals surface area contributed by atoms with Gasteiger partial charge in [-0.3, -0.25) is 4.79 Å². The monoisotopic (exact) mass is 226 g/mol. The SMILES string of the molecule is CC(NCCC1CC1)C(=O)N1CCOCC1. The number of carbonyl (C=O) groups is 1. The molecule has 1 saturated carbocycles. The van der Waals surface area contributed by atoms with E-state index in [4.69, 9.17) is 4.74 Å². The van der Waals surface area contributed by atoms with Gasteiger partial charge in [0.05, 0.1) is 19.3 Å². The molecule has 1 N–H and O–H groups in total. The fourth-order valence-corrected chi connectivity index (χ4v) is 2.06. The molecule has 0 aromatic carbocycles. The van der Waals surface area contributed by atoms with E-state index in [0.29, 0.717) is 13.2 Å². The zero-order valence-corrected chi connectivity index (χ0v) is 10.1. The molecule has 0 radical (unpaired) electrons. The number of morpholine rings is 1. The van der Waals surface area contributed by atoms with Crippen molar-refractivity contribution in [2.75, 3.05) is 32.8 Å². The third-order valence-corrected chi connectivity index (χ3v) is 3.39. The van der Waals surface area contributed by atoms with Gasteiger partial charge in [0.15, 0.2) is 0 Å². The third kappa shape index (κ3) is 3.46. The highest BCUT2D eigenvalue weighted by atomic mass is 16.5. The van der Waals surface area contributed by atoms with Crippen molar-refractivity contribution in [2.45, 2.75) is 32.2 Å². The lowest BCUT2D eigenvalue weighted by molar-refractivity contribution is -0.137. The van der Waals surface area contributed by atoms with Crippen LogP contribution >= 0.6 is 0 Å². The van der Waals surface area contributed by atoms with Gasteiger partial charge in [-0.25, -0.2) is 0 Å². The molecule has 1 aliphatic heterocycles. The molecule has 0 bridgehead atoms. The van der Waals surface area contributed by atoms with Gasteiger partial charge in [0.1, 0.15) is 0 Å². The molecule has 2 rings (SSSR count). The van der Waals surface area contributed by atoms with Gasteiger partial charge in [0.2, 0.25) is 5.91 Å². The van der Waals surface area contributed by atoms with Gasteiger partial charge in [-0.05, 0) is 25.8 Å². The van der Waals surface area contributed by atoms with Crippen molar-refractivity contribution in [3.8, 4) is 0 Å². The van der Waals surface area contributed by atoms with Crippen LogP contribution in [0.15, 0.2) is 0 Å². The van der Waals surface area contributed by atoms with Gasteiger partial charge in [-0.2, -0.15) is 0 Å². The molecule has 1 amide bonds. The molecule has 0 aromatic heterocycles. The van der Waals surface area contributed by atoms with E-state index in [1.165, 1.54) is 19.3 Å². The van der Waals surface area contributed by atoms with Crippen LogP contribution in [0.3, 0.4) is 0 Å². The van der Waals surface area contributed by atoms with E-state index in [0.717, 1.165) is 25.6 Å². The standard InChI is InChI=1S/C12H22N2O2/c1-10(13-5-4-11-2-3-11)12(15)14-6-8-16-9-7-14/h10-11,13H,2-9H2,1H3. The van der Waals surface area contributed by atoms with E-state index in [-0.39, 0.29) is 11.9 Å². The average Bonchev–Trinajstić information content (AvgIpc) is 3.13. The maximum Gasteiger partial charge on any atom is 0.239 e. The average molecular weight is 226 g/mol. The van der Waals surface area contributed by atoms with Crippen LogP contribution in [0.5, 0.6) is 0 Å². The molecule has 1 unspecified atom stereocenters. The third-order valence-electron chi connectivity index (χ3n) is 3.39. The van der Waals surface area contributed by atoms with Crippen molar-refractivity contribution in [1.82, 2.24) is 10.2 Å². The number of amides is 1. The molecule has 0 aromatic rings. The highest BCUT2D eigenvalue weighted by Crippen LogP contribution is 2.31. The quantitative estimate of drug-likeness (QED) is 0.747. The fraction of sp³-hybridized carbons (Fsp3) is 0.917. The lowest BCUT2D eigenvalue weighted by Crippen LogP contribution is -2.49. The Labute approximate surface area is 97.3 Å². The molecule has 2 aliphatic rings. The number of carbonyl (C=O) groups excluding carboxylic acids is 1. The molecule has 1 aliphatic carbocycles. The Morgan fingerprint density at radius 1 is 1.44 bits per heavy atom. The molecule has 1 heterocycles. The van der Waals surface area contributed by atoms with Crippen LogP contribution in [0.2, 0.25) is 0 Å². The summed E-state index contributed by atoms with van der Waals surface area (Å²) < 4.78 is 5.24. The molecular weight excluding hydrogens is 204 g/mol. The normalized spacial score (nSPS) is 23.2.